The highest BCUT2D eigenvalue weighted by molar-refractivity contribution is 9.10. The van der Waals surface area contributed by atoms with Crippen LogP contribution in [0.1, 0.15) is 43.6 Å². The third-order valence-electron chi connectivity index (χ3n) is 3.82. The second-order valence-corrected chi connectivity index (χ2v) is 7.23. The van der Waals surface area contributed by atoms with Gasteiger partial charge in [-0.1, -0.05) is 13.8 Å². The Balaban J connectivity index is 2.03. The summed E-state index contributed by atoms with van der Waals surface area (Å²) in [7, 11) is 0. The molecule has 0 saturated heterocycles. The van der Waals surface area contributed by atoms with Gasteiger partial charge in [0.15, 0.2) is 0 Å². The van der Waals surface area contributed by atoms with Gasteiger partial charge in [-0.05, 0) is 65.7 Å². The highest BCUT2D eigenvalue weighted by Crippen LogP contribution is 2.34. The summed E-state index contributed by atoms with van der Waals surface area (Å²) in [6.45, 7) is 7.52. The molecule has 1 aliphatic carbocycles. The molecule has 0 unspecified atom stereocenters. The molecule has 1 fully saturated rings. The minimum Gasteiger partial charge on any atom is -0.458 e. The Morgan fingerprint density at radius 2 is 2.10 bits per heavy atom. The lowest BCUT2D eigenvalue weighted by Gasteiger charge is -2.07. The Morgan fingerprint density at radius 3 is 2.75 bits per heavy atom. The molecule has 0 aliphatic heterocycles. The first kappa shape index (κ1) is 14.2. The van der Waals surface area contributed by atoms with Gasteiger partial charge >= 0.3 is 0 Å². The molecule has 3 rings (SSSR count). The van der Waals surface area contributed by atoms with E-state index in [9.17, 15) is 0 Å². The van der Waals surface area contributed by atoms with Crippen LogP contribution < -0.4 is 5.32 Å². The zero-order chi connectivity index (χ0) is 14.3. The summed E-state index contributed by atoms with van der Waals surface area (Å²) in [5.41, 5.74) is 3.66. The third kappa shape index (κ3) is 2.94. The van der Waals surface area contributed by atoms with Gasteiger partial charge in [-0.25, -0.2) is 0 Å². The fourth-order valence-electron chi connectivity index (χ4n) is 2.69. The van der Waals surface area contributed by atoms with Crippen LogP contribution in [0.15, 0.2) is 21.0 Å². The summed E-state index contributed by atoms with van der Waals surface area (Å²) in [6, 6.07) is 5.09. The van der Waals surface area contributed by atoms with Gasteiger partial charge in [-0.2, -0.15) is 0 Å². The Labute approximate surface area is 129 Å². The molecule has 0 spiro atoms. The molecule has 2 aromatic rings. The van der Waals surface area contributed by atoms with Crippen molar-refractivity contribution in [3.8, 4) is 0 Å². The monoisotopic (exact) mass is 335 g/mol. The number of halogens is 1. The Kier molecular flexibility index (Phi) is 3.91. The van der Waals surface area contributed by atoms with E-state index in [1.165, 1.54) is 29.4 Å². The summed E-state index contributed by atoms with van der Waals surface area (Å²) >= 11 is 3.64. The maximum Gasteiger partial charge on any atom is 0.148 e. The third-order valence-corrected chi connectivity index (χ3v) is 4.40. The van der Waals surface area contributed by atoms with Crippen LogP contribution in [0.5, 0.6) is 0 Å². The summed E-state index contributed by atoms with van der Waals surface area (Å²) in [4.78, 5) is 0. The highest BCUT2D eigenvalue weighted by Gasteiger charge is 2.23. The smallest absolute Gasteiger partial charge is 0.148 e. The molecule has 0 atom stereocenters. The van der Waals surface area contributed by atoms with Crippen LogP contribution in [0.3, 0.4) is 0 Å². The summed E-state index contributed by atoms with van der Waals surface area (Å²) in [5.74, 6) is 1.75. The molecule has 1 aliphatic rings. The largest absolute Gasteiger partial charge is 0.458 e. The number of nitrogens with one attached hydrogen (secondary N) is 1. The van der Waals surface area contributed by atoms with Crippen LogP contribution >= 0.6 is 15.9 Å². The summed E-state index contributed by atoms with van der Waals surface area (Å²) < 4.78 is 7.22. The molecule has 0 amide bonds. The number of hydrogen-bond acceptors (Lipinski definition) is 2. The Bertz CT molecular complexity index is 625. The van der Waals surface area contributed by atoms with Gasteiger partial charge in [0.05, 0.1) is 11.0 Å². The van der Waals surface area contributed by atoms with Crippen molar-refractivity contribution in [1.29, 1.82) is 0 Å². The van der Waals surface area contributed by atoms with Crippen molar-refractivity contribution >= 4 is 26.9 Å². The topological polar surface area (TPSA) is 25.2 Å². The lowest BCUT2D eigenvalue weighted by atomic mass is 9.99. The van der Waals surface area contributed by atoms with E-state index >= 15 is 0 Å². The van der Waals surface area contributed by atoms with Gasteiger partial charge < -0.3 is 9.73 Å². The molecule has 1 N–H and O–H groups in total. The maximum atomic E-state index is 6.15. The van der Waals surface area contributed by atoms with Crippen molar-refractivity contribution in [3.05, 3.63) is 33.5 Å². The lowest BCUT2D eigenvalue weighted by Crippen LogP contribution is -2.16. The molecule has 1 aromatic heterocycles. The SMILES string of the molecule is Cc1cc(Br)c2oc(CNC3CC3)c(CC(C)C)c2c1. The molecule has 2 nitrogen and oxygen atoms in total. The van der Waals surface area contributed by atoms with Crippen molar-refractivity contribution in [2.75, 3.05) is 0 Å². The van der Waals surface area contributed by atoms with E-state index in [1.54, 1.807) is 0 Å². The zero-order valence-corrected chi connectivity index (χ0v) is 14.0. The molecule has 108 valence electrons. The lowest BCUT2D eigenvalue weighted by molar-refractivity contribution is 0.499. The first-order valence-electron chi connectivity index (χ1n) is 7.48. The fraction of sp³-hybridized carbons (Fsp3) is 0.529. The van der Waals surface area contributed by atoms with E-state index in [-0.39, 0.29) is 0 Å². The average molecular weight is 336 g/mol. The molecular formula is C17H22BrNO. The quantitative estimate of drug-likeness (QED) is 0.835. The number of furan rings is 1. The number of aryl methyl sites for hydroxylation is 1. The first-order chi connectivity index (χ1) is 9.54. The van der Waals surface area contributed by atoms with Crippen LogP contribution in [0.4, 0.5) is 0 Å². The van der Waals surface area contributed by atoms with Crippen LogP contribution in [0, 0.1) is 12.8 Å². The number of hydrogen-bond donors (Lipinski definition) is 1. The highest BCUT2D eigenvalue weighted by atomic mass is 79.9. The second-order valence-electron chi connectivity index (χ2n) is 6.38. The molecule has 20 heavy (non-hydrogen) atoms. The van der Waals surface area contributed by atoms with Crippen molar-refractivity contribution < 1.29 is 4.42 Å². The van der Waals surface area contributed by atoms with Gasteiger partial charge in [0.2, 0.25) is 0 Å². The standard InChI is InChI=1S/C17H22BrNO/c1-10(2)6-13-14-7-11(3)8-15(18)17(14)20-16(13)9-19-12-4-5-12/h7-8,10,12,19H,4-6,9H2,1-3H3. The summed E-state index contributed by atoms with van der Waals surface area (Å²) in [6.07, 6.45) is 3.69. The molecule has 1 aromatic carbocycles. The Hall–Kier alpha value is -0.800. The fourth-order valence-corrected chi connectivity index (χ4v) is 3.35. The average Bonchev–Trinajstić information content (AvgIpc) is 3.12. The molecule has 0 bridgehead atoms. The van der Waals surface area contributed by atoms with Gasteiger partial charge in [0, 0.05) is 17.0 Å². The summed E-state index contributed by atoms with van der Waals surface area (Å²) in [5, 5.41) is 4.85. The molecule has 1 heterocycles. The van der Waals surface area contributed by atoms with Crippen LogP contribution in [0.2, 0.25) is 0 Å². The van der Waals surface area contributed by atoms with Crippen molar-refractivity contribution in [2.24, 2.45) is 5.92 Å². The maximum absolute atomic E-state index is 6.15. The van der Waals surface area contributed by atoms with E-state index in [2.05, 4.69) is 54.2 Å². The van der Waals surface area contributed by atoms with Crippen molar-refractivity contribution in [3.63, 3.8) is 0 Å². The molecule has 1 saturated carbocycles. The van der Waals surface area contributed by atoms with Crippen molar-refractivity contribution in [2.45, 2.75) is 52.6 Å². The van der Waals surface area contributed by atoms with Crippen molar-refractivity contribution in [1.82, 2.24) is 5.32 Å². The molecule has 3 heteroatoms. The Morgan fingerprint density at radius 1 is 1.35 bits per heavy atom. The van der Waals surface area contributed by atoms with Crippen LogP contribution in [0.25, 0.3) is 11.0 Å². The predicted molar refractivity (Wildman–Crippen MR) is 87.1 cm³/mol. The van der Waals surface area contributed by atoms with E-state index in [4.69, 9.17) is 4.42 Å². The predicted octanol–water partition coefficient (Wildman–Crippen LogP) is 4.95. The van der Waals surface area contributed by atoms with Gasteiger partial charge in [0.1, 0.15) is 11.3 Å². The second kappa shape index (κ2) is 5.53. The van der Waals surface area contributed by atoms with Gasteiger partial charge in [-0.15, -0.1) is 0 Å². The minimum atomic E-state index is 0.634. The van der Waals surface area contributed by atoms with E-state index in [0.29, 0.717) is 12.0 Å². The van der Waals surface area contributed by atoms with Gasteiger partial charge in [-0.3, -0.25) is 0 Å². The van der Waals surface area contributed by atoms with E-state index < -0.39 is 0 Å². The van der Waals surface area contributed by atoms with E-state index in [1.807, 2.05) is 0 Å². The van der Waals surface area contributed by atoms with Gasteiger partial charge in [0.25, 0.3) is 0 Å². The van der Waals surface area contributed by atoms with Crippen LogP contribution in [-0.2, 0) is 13.0 Å². The normalized spacial score (nSPS) is 15.4. The number of rotatable bonds is 5. The van der Waals surface area contributed by atoms with Crippen LogP contribution in [-0.4, -0.2) is 6.04 Å². The minimum absolute atomic E-state index is 0.634. The zero-order valence-electron chi connectivity index (χ0n) is 12.4. The number of benzene rings is 1. The molecule has 0 radical (unpaired) electrons. The number of fused-ring (bicyclic) bond motifs is 1. The van der Waals surface area contributed by atoms with E-state index in [0.717, 1.165) is 28.8 Å². The molecular weight excluding hydrogens is 314 g/mol. The first-order valence-corrected chi connectivity index (χ1v) is 8.27.